The van der Waals surface area contributed by atoms with Crippen molar-refractivity contribution in [3.8, 4) is 0 Å². The molecule has 0 aromatic rings. The number of nitrogens with one attached hydrogen (secondary N) is 2. The molecular formula is C10H24N2. The van der Waals surface area contributed by atoms with Crippen LogP contribution in [0.4, 0.5) is 0 Å². The van der Waals surface area contributed by atoms with E-state index >= 15 is 0 Å². The van der Waals surface area contributed by atoms with Crippen LogP contribution in [0.3, 0.4) is 0 Å². The van der Waals surface area contributed by atoms with Gasteiger partial charge in [-0.2, -0.15) is 0 Å². The van der Waals surface area contributed by atoms with E-state index in [-0.39, 0.29) is 0 Å². The maximum absolute atomic E-state index is 3.42. The van der Waals surface area contributed by atoms with E-state index in [9.17, 15) is 0 Å². The highest BCUT2D eigenvalue weighted by Crippen LogP contribution is 2.18. The summed E-state index contributed by atoms with van der Waals surface area (Å²) in [7, 11) is 2.07. The van der Waals surface area contributed by atoms with Crippen molar-refractivity contribution in [2.75, 3.05) is 20.1 Å². The van der Waals surface area contributed by atoms with Gasteiger partial charge in [0.15, 0.2) is 0 Å². The molecule has 1 aliphatic heterocycles. The number of piperidine rings is 1. The SMILES string of the molecule is CC.CCC1(NC)CCCNC1. The Morgan fingerprint density at radius 2 is 2.08 bits per heavy atom. The van der Waals surface area contributed by atoms with Crippen molar-refractivity contribution in [1.29, 1.82) is 0 Å². The zero-order chi connectivity index (χ0) is 9.45. The Balaban J connectivity index is 0.000000561. The van der Waals surface area contributed by atoms with Gasteiger partial charge in [-0.25, -0.2) is 0 Å². The zero-order valence-electron chi connectivity index (χ0n) is 9.04. The molecule has 74 valence electrons. The van der Waals surface area contributed by atoms with Crippen molar-refractivity contribution in [2.24, 2.45) is 0 Å². The van der Waals surface area contributed by atoms with E-state index in [4.69, 9.17) is 0 Å². The summed E-state index contributed by atoms with van der Waals surface area (Å²) < 4.78 is 0. The van der Waals surface area contributed by atoms with Crippen molar-refractivity contribution < 1.29 is 0 Å². The first kappa shape index (κ1) is 11.9. The van der Waals surface area contributed by atoms with Crippen LogP contribution in [0.15, 0.2) is 0 Å². The van der Waals surface area contributed by atoms with Crippen LogP contribution in [0.2, 0.25) is 0 Å². The molecule has 0 saturated carbocycles. The molecule has 1 unspecified atom stereocenters. The third kappa shape index (κ3) is 3.11. The smallest absolute Gasteiger partial charge is 0.0301 e. The molecule has 1 atom stereocenters. The first-order valence-corrected chi connectivity index (χ1v) is 5.22. The first-order valence-electron chi connectivity index (χ1n) is 5.22. The molecule has 0 bridgehead atoms. The number of hydrogen-bond acceptors (Lipinski definition) is 2. The van der Waals surface area contributed by atoms with E-state index in [1.807, 2.05) is 13.8 Å². The average molecular weight is 172 g/mol. The monoisotopic (exact) mass is 172 g/mol. The van der Waals surface area contributed by atoms with Gasteiger partial charge in [0.25, 0.3) is 0 Å². The lowest BCUT2D eigenvalue weighted by atomic mass is 9.88. The Morgan fingerprint density at radius 1 is 1.42 bits per heavy atom. The van der Waals surface area contributed by atoms with Crippen LogP contribution in [0.5, 0.6) is 0 Å². The molecule has 0 radical (unpaired) electrons. The summed E-state index contributed by atoms with van der Waals surface area (Å²) >= 11 is 0. The van der Waals surface area contributed by atoms with E-state index in [0.29, 0.717) is 5.54 Å². The fourth-order valence-electron chi connectivity index (χ4n) is 1.66. The average Bonchev–Trinajstić information content (AvgIpc) is 2.22. The fourth-order valence-corrected chi connectivity index (χ4v) is 1.66. The minimum absolute atomic E-state index is 0.401. The standard InChI is InChI=1S/C8H18N2.C2H6/c1-3-8(9-2)5-4-6-10-7-8;1-2/h9-10H,3-7H2,1-2H3;1-2H3. The summed E-state index contributed by atoms with van der Waals surface area (Å²) in [5.74, 6) is 0. The Morgan fingerprint density at radius 3 is 2.33 bits per heavy atom. The Labute approximate surface area is 77.1 Å². The highest BCUT2D eigenvalue weighted by atomic mass is 15.0. The van der Waals surface area contributed by atoms with Gasteiger partial charge in [-0.15, -0.1) is 0 Å². The number of rotatable bonds is 2. The fraction of sp³-hybridized carbons (Fsp3) is 1.00. The predicted molar refractivity (Wildman–Crippen MR) is 55.5 cm³/mol. The van der Waals surface area contributed by atoms with Crippen molar-refractivity contribution in [1.82, 2.24) is 10.6 Å². The van der Waals surface area contributed by atoms with Gasteiger partial charge in [-0.1, -0.05) is 20.8 Å². The molecule has 2 N–H and O–H groups in total. The molecular weight excluding hydrogens is 148 g/mol. The third-order valence-corrected chi connectivity index (χ3v) is 2.68. The van der Waals surface area contributed by atoms with Gasteiger partial charge in [0.2, 0.25) is 0 Å². The Kier molecular flexibility index (Phi) is 6.39. The van der Waals surface area contributed by atoms with Crippen LogP contribution in [0.1, 0.15) is 40.0 Å². The van der Waals surface area contributed by atoms with Crippen molar-refractivity contribution in [3.05, 3.63) is 0 Å². The van der Waals surface area contributed by atoms with Crippen LogP contribution >= 0.6 is 0 Å². The Bertz CT molecular complexity index is 90.0. The summed E-state index contributed by atoms with van der Waals surface area (Å²) in [5.41, 5.74) is 0.401. The van der Waals surface area contributed by atoms with Crippen LogP contribution in [0, 0.1) is 0 Å². The number of likely N-dealkylation sites (N-methyl/N-ethyl adjacent to an activating group) is 1. The largest absolute Gasteiger partial charge is 0.315 e. The molecule has 0 amide bonds. The molecule has 2 heteroatoms. The second-order valence-corrected chi connectivity index (χ2v) is 3.16. The maximum Gasteiger partial charge on any atom is 0.0301 e. The minimum atomic E-state index is 0.401. The highest BCUT2D eigenvalue weighted by molar-refractivity contribution is 4.90. The summed E-state index contributed by atoms with van der Waals surface area (Å²) in [6, 6.07) is 0. The summed E-state index contributed by atoms with van der Waals surface area (Å²) in [5, 5.41) is 6.82. The predicted octanol–water partition coefficient (Wildman–Crippen LogP) is 1.76. The summed E-state index contributed by atoms with van der Waals surface area (Å²) in [6.45, 7) is 8.59. The lowest BCUT2D eigenvalue weighted by molar-refractivity contribution is 0.256. The van der Waals surface area contributed by atoms with E-state index in [1.54, 1.807) is 0 Å². The number of hydrogen-bond donors (Lipinski definition) is 2. The first-order chi connectivity index (χ1) is 5.83. The minimum Gasteiger partial charge on any atom is -0.315 e. The van der Waals surface area contributed by atoms with Gasteiger partial charge in [-0.05, 0) is 32.9 Å². The molecule has 1 saturated heterocycles. The summed E-state index contributed by atoms with van der Waals surface area (Å²) in [4.78, 5) is 0. The van der Waals surface area contributed by atoms with Crippen molar-refractivity contribution >= 4 is 0 Å². The maximum atomic E-state index is 3.42. The van der Waals surface area contributed by atoms with Crippen LogP contribution in [-0.2, 0) is 0 Å². The molecule has 1 fully saturated rings. The van der Waals surface area contributed by atoms with Crippen LogP contribution in [-0.4, -0.2) is 25.7 Å². The lowest BCUT2D eigenvalue weighted by Gasteiger charge is -2.36. The van der Waals surface area contributed by atoms with E-state index < -0.39 is 0 Å². The third-order valence-electron chi connectivity index (χ3n) is 2.68. The van der Waals surface area contributed by atoms with Gasteiger partial charge >= 0.3 is 0 Å². The van der Waals surface area contributed by atoms with Gasteiger partial charge in [0.1, 0.15) is 0 Å². The molecule has 0 aromatic heterocycles. The molecule has 0 aliphatic carbocycles. The van der Waals surface area contributed by atoms with Crippen molar-refractivity contribution in [3.63, 3.8) is 0 Å². The molecule has 1 heterocycles. The van der Waals surface area contributed by atoms with Gasteiger partial charge in [-0.3, -0.25) is 0 Å². The van der Waals surface area contributed by atoms with E-state index in [2.05, 4.69) is 24.6 Å². The highest BCUT2D eigenvalue weighted by Gasteiger charge is 2.27. The van der Waals surface area contributed by atoms with E-state index in [0.717, 1.165) is 6.54 Å². The van der Waals surface area contributed by atoms with E-state index in [1.165, 1.54) is 25.8 Å². The Hall–Kier alpha value is -0.0800. The van der Waals surface area contributed by atoms with Gasteiger partial charge < -0.3 is 10.6 Å². The topological polar surface area (TPSA) is 24.1 Å². The van der Waals surface area contributed by atoms with Crippen molar-refractivity contribution in [2.45, 2.75) is 45.6 Å². The normalized spacial score (nSPS) is 29.0. The zero-order valence-corrected chi connectivity index (χ0v) is 9.04. The van der Waals surface area contributed by atoms with Gasteiger partial charge in [0.05, 0.1) is 0 Å². The van der Waals surface area contributed by atoms with Crippen LogP contribution < -0.4 is 10.6 Å². The quantitative estimate of drug-likeness (QED) is 0.663. The second kappa shape index (κ2) is 6.44. The lowest BCUT2D eigenvalue weighted by Crippen LogP contribution is -2.53. The van der Waals surface area contributed by atoms with Crippen LogP contribution in [0.25, 0.3) is 0 Å². The molecule has 0 aromatic carbocycles. The molecule has 12 heavy (non-hydrogen) atoms. The molecule has 2 nitrogen and oxygen atoms in total. The molecule has 1 rings (SSSR count). The van der Waals surface area contributed by atoms with Gasteiger partial charge in [0, 0.05) is 12.1 Å². The molecule has 1 aliphatic rings. The summed E-state index contributed by atoms with van der Waals surface area (Å²) in [6.07, 6.45) is 3.87. The second-order valence-electron chi connectivity index (χ2n) is 3.16. The molecule has 0 spiro atoms.